The van der Waals surface area contributed by atoms with Crippen LogP contribution in [0.5, 0.6) is 0 Å². The van der Waals surface area contributed by atoms with Crippen LogP contribution in [-0.2, 0) is 23.9 Å². The summed E-state index contributed by atoms with van der Waals surface area (Å²) in [7, 11) is 0. The Morgan fingerprint density at radius 3 is 2.69 bits per heavy atom. The third-order valence-electron chi connectivity index (χ3n) is 7.88. The molecule has 3 rings (SSSR count). The number of likely N-dealkylation sites (tertiary alicyclic amines) is 1. The molecule has 8 nitrogen and oxygen atoms in total. The highest BCUT2D eigenvalue weighted by molar-refractivity contribution is 5.98. The van der Waals surface area contributed by atoms with E-state index >= 15 is 0 Å². The number of esters is 1. The number of amides is 2. The monoisotopic (exact) mass is 490 g/mol. The number of unbranched alkanes of at least 4 members (excludes halogenated alkanes) is 2. The predicted molar refractivity (Wildman–Crippen MR) is 132 cm³/mol. The zero-order valence-electron chi connectivity index (χ0n) is 21.5. The number of carbonyl (C=O) groups is 3. The number of rotatable bonds is 14. The van der Waals surface area contributed by atoms with Gasteiger partial charge in [-0.15, -0.1) is 13.2 Å². The van der Waals surface area contributed by atoms with Crippen LogP contribution in [0.3, 0.4) is 0 Å². The largest absolute Gasteiger partial charge is 0.465 e. The second-order valence-electron chi connectivity index (χ2n) is 10.2. The number of fused-ring (bicyclic) bond motifs is 1. The van der Waals surface area contributed by atoms with E-state index in [4.69, 9.17) is 9.47 Å². The number of hydrogen-bond donors (Lipinski definition) is 1. The predicted octanol–water partition coefficient (Wildman–Crippen LogP) is 2.84. The van der Waals surface area contributed by atoms with E-state index in [-0.39, 0.29) is 31.1 Å². The summed E-state index contributed by atoms with van der Waals surface area (Å²) < 4.78 is 12.0. The molecule has 2 bridgehead atoms. The lowest BCUT2D eigenvalue weighted by Crippen LogP contribution is -2.59. The summed E-state index contributed by atoms with van der Waals surface area (Å²) in [6, 6.07) is -1.52. The van der Waals surface area contributed by atoms with E-state index in [0.29, 0.717) is 19.4 Å². The molecule has 1 spiro atoms. The standard InChI is InChI=1S/C27H42N2O6/c1-6-9-10-11-16-34-26(33)21-20-13-14-27(35-20)22(21)24(31)29(19(5)17-30)23(27)25(32)28(15-8-3)18(4)12-7-2/h6,8,18-23,30H,1,3,7,9-17H2,2,4-5H3/t18?,19-,20-,21+,22+,23?,27?/m1/s1. The molecular formula is C27H42N2O6. The number of aliphatic hydroxyl groups excluding tert-OH is 1. The quantitative estimate of drug-likeness (QED) is 0.229. The third-order valence-corrected chi connectivity index (χ3v) is 7.88. The van der Waals surface area contributed by atoms with Gasteiger partial charge >= 0.3 is 5.97 Å². The molecule has 0 aromatic heterocycles. The number of hydrogen-bond acceptors (Lipinski definition) is 6. The topological polar surface area (TPSA) is 96.4 Å². The average molecular weight is 491 g/mol. The SMILES string of the molecule is C=CCCCCOC(=O)[C@@H]1[C@H]2C(=O)N([C@H](C)CO)C(C(=O)N(CC=C)C(C)CCC)C23CC[C@H]1O3. The Morgan fingerprint density at radius 2 is 2.06 bits per heavy atom. The fourth-order valence-electron chi connectivity index (χ4n) is 6.22. The van der Waals surface area contributed by atoms with Crippen molar-refractivity contribution in [2.24, 2.45) is 11.8 Å². The van der Waals surface area contributed by atoms with Crippen molar-refractivity contribution in [3.8, 4) is 0 Å². The van der Waals surface area contributed by atoms with Gasteiger partial charge in [-0.25, -0.2) is 0 Å². The van der Waals surface area contributed by atoms with Crippen molar-refractivity contribution >= 4 is 17.8 Å². The minimum Gasteiger partial charge on any atom is -0.465 e. The molecule has 3 heterocycles. The maximum atomic E-state index is 14.1. The Labute approximate surface area is 209 Å². The molecule has 2 amide bonds. The first-order chi connectivity index (χ1) is 16.8. The van der Waals surface area contributed by atoms with E-state index < -0.39 is 41.6 Å². The zero-order chi connectivity index (χ0) is 25.8. The minimum atomic E-state index is -1.08. The van der Waals surface area contributed by atoms with E-state index in [9.17, 15) is 19.5 Å². The number of ether oxygens (including phenoxy) is 2. The van der Waals surface area contributed by atoms with Gasteiger partial charge in [0.1, 0.15) is 11.6 Å². The molecule has 7 atom stereocenters. The maximum Gasteiger partial charge on any atom is 0.312 e. The maximum absolute atomic E-state index is 14.1. The Balaban J connectivity index is 1.92. The fraction of sp³-hybridized carbons (Fsp3) is 0.741. The molecule has 3 aliphatic rings. The lowest BCUT2D eigenvalue weighted by molar-refractivity contribution is -0.156. The minimum absolute atomic E-state index is 0.0442. The van der Waals surface area contributed by atoms with Crippen molar-refractivity contribution < 1.29 is 29.0 Å². The molecule has 3 fully saturated rings. The van der Waals surface area contributed by atoms with Gasteiger partial charge in [0.15, 0.2) is 0 Å². The van der Waals surface area contributed by atoms with E-state index in [0.717, 1.165) is 32.1 Å². The second-order valence-corrected chi connectivity index (χ2v) is 10.2. The van der Waals surface area contributed by atoms with Crippen LogP contribution in [0.2, 0.25) is 0 Å². The Kier molecular flexibility index (Phi) is 9.16. The Hall–Kier alpha value is -2.19. The van der Waals surface area contributed by atoms with E-state index in [1.807, 2.05) is 13.0 Å². The number of nitrogens with zero attached hydrogens (tertiary/aromatic N) is 2. The van der Waals surface area contributed by atoms with Crippen molar-refractivity contribution in [2.45, 2.75) is 95.5 Å². The van der Waals surface area contributed by atoms with Crippen LogP contribution in [0, 0.1) is 11.8 Å². The molecule has 196 valence electrons. The highest BCUT2D eigenvalue weighted by Gasteiger charge is 2.75. The first kappa shape index (κ1) is 27.4. The van der Waals surface area contributed by atoms with E-state index in [2.05, 4.69) is 20.1 Å². The molecule has 3 aliphatic heterocycles. The van der Waals surface area contributed by atoms with Crippen LogP contribution in [0.25, 0.3) is 0 Å². The second kappa shape index (κ2) is 11.7. The van der Waals surface area contributed by atoms with Crippen LogP contribution in [-0.4, -0.2) is 82.3 Å². The number of carbonyl (C=O) groups excluding carboxylic acids is 3. The Morgan fingerprint density at radius 1 is 1.31 bits per heavy atom. The molecule has 3 unspecified atom stereocenters. The highest BCUT2D eigenvalue weighted by Crippen LogP contribution is 2.59. The smallest absolute Gasteiger partial charge is 0.312 e. The molecule has 1 N–H and O–H groups in total. The fourth-order valence-corrected chi connectivity index (χ4v) is 6.22. The molecule has 0 aromatic carbocycles. The van der Waals surface area contributed by atoms with Gasteiger partial charge in [-0.2, -0.15) is 0 Å². The van der Waals surface area contributed by atoms with Crippen LogP contribution in [0.1, 0.15) is 65.7 Å². The van der Waals surface area contributed by atoms with Gasteiger partial charge in [0.25, 0.3) is 0 Å². The van der Waals surface area contributed by atoms with Crippen LogP contribution in [0.15, 0.2) is 25.3 Å². The number of aliphatic hydroxyl groups is 1. The van der Waals surface area contributed by atoms with Crippen LogP contribution >= 0.6 is 0 Å². The van der Waals surface area contributed by atoms with Crippen molar-refractivity contribution in [2.75, 3.05) is 19.8 Å². The molecule has 0 saturated carbocycles. The Bertz CT molecular complexity index is 815. The molecule has 0 aromatic rings. The van der Waals surface area contributed by atoms with Gasteiger partial charge in [-0.05, 0) is 52.4 Å². The number of allylic oxidation sites excluding steroid dienone is 1. The van der Waals surface area contributed by atoms with Gasteiger partial charge in [0.2, 0.25) is 11.8 Å². The first-order valence-corrected chi connectivity index (χ1v) is 13.1. The molecule has 0 aliphatic carbocycles. The van der Waals surface area contributed by atoms with Gasteiger partial charge in [-0.1, -0.05) is 25.5 Å². The average Bonchev–Trinajstić information content (AvgIpc) is 3.48. The first-order valence-electron chi connectivity index (χ1n) is 13.1. The highest BCUT2D eigenvalue weighted by atomic mass is 16.6. The molecule has 35 heavy (non-hydrogen) atoms. The zero-order valence-corrected chi connectivity index (χ0v) is 21.5. The van der Waals surface area contributed by atoms with Crippen LogP contribution in [0.4, 0.5) is 0 Å². The van der Waals surface area contributed by atoms with Crippen molar-refractivity contribution in [3.05, 3.63) is 25.3 Å². The summed E-state index contributed by atoms with van der Waals surface area (Å²) >= 11 is 0. The molecule has 3 saturated heterocycles. The van der Waals surface area contributed by atoms with Crippen molar-refractivity contribution in [3.63, 3.8) is 0 Å². The van der Waals surface area contributed by atoms with E-state index in [1.165, 1.54) is 4.90 Å². The van der Waals surface area contributed by atoms with Gasteiger partial charge in [0, 0.05) is 12.6 Å². The molecule has 8 heteroatoms. The van der Waals surface area contributed by atoms with Gasteiger partial charge in [0.05, 0.1) is 37.2 Å². The summed E-state index contributed by atoms with van der Waals surface area (Å²) in [5.41, 5.74) is -1.08. The van der Waals surface area contributed by atoms with Crippen molar-refractivity contribution in [1.29, 1.82) is 0 Å². The third kappa shape index (κ3) is 4.92. The van der Waals surface area contributed by atoms with Crippen molar-refractivity contribution in [1.82, 2.24) is 9.80 Å². The normalized spacial score (nSPS) is 30.6. The van der Waals surface area contributed by atoms with Gasteiger partial charge < -0.3 is 24.4 Å². The summed E-state index contributed by atoms with van der Waals surface area (Å²) in [6.07, 6.45) is 8.38. The van der Waals surface area contributed by atoms with E-state index in [1.54, 1.807) is 17.9 Å². The molecular weight excluding hydrogens is 448 g/mol. The summed E-state index contributed by atoms with van der Waals surface area (Å²) in [6.45, 7) is 13.7. The molecule has 0 radical (unpaired) electrons. The lowest BCUT2D eigenvalue weighted by atomic mass is 9.70. The summed E-state index contributed by atoms with van der Waals surface area (Å²) in [4.78, 5) is 44.3. The summed E-state index contributed by atoms with van der Waals surface area (Å²) in [5.74, 6) is -2.45. The van der Waals surface area contributed by atoms with Gasteiger partial charge in [-0.3, -0.25) is 14.4 Å². The lowest BCUT2D eigenvalue weighted by Gasteiger charge is -2.40. The summed E-state index contributed by atoms with van der Waals surface area (Å²) in [5, 5.41) is 9.97. The van der Waals surface area contributed by atoms with Crippen LogP contribution < -0.4 is 0 Å².